The third kappa shape index (κ3) is 4.62. The summed E-state index contributed by atoms with van der Waals surface area (Å²) in [6, 6.07) is 18.1. The Morgan fingerprint density at radius 3 is 2.62 bits per heavy atom. The summed E-state index contributed by atoms with van der Waals surface area (Å²) in [4.78, 5) is 21.1. The molecular weight excluding hydrogens is 388 g/mol. The summed E-state index contributed by atoms with van der Waals surface area (Å²) in [6.45, 7) is 0.336. The van der Waals surface area contributed by atoms with E-state index >= 15 is 0 Å². The van der Waals surface area contributed by atoms with E-state index in [1.165, 1.54) is 0 Å². The summed E-state index contributed by atoms with van der Waals surface area (Å²) in [5.41, 5.74) is 2.00. The van der Waals surface area contributed by atoms with Gasteiger partial charge in [-0.1, -0.05) is 35.9 Å². The summed E-state index contributed by atoms with van der Waals surface area (Å²) < 4.78 is 7.64. The summed E-state index contributed by atoms with van der Waals surface area (Å²) in [7, 11) is 0. The van der Waals surface area contributed by atoms with Crippen LogP contribution in [0.2, 0.25) is 5.02 Å². The molecule has 0 aliphatic rings. The van der Waals surface area contributed by atoms with Crippen LogP contribution in [0.25, 0.3) is 5.82 Å². The van der Waals surface area contributed by atoms with Crippen LogP contribution in [-0.4, -0.2) is 20.4 Å². The zero-order chi connectivity index (χ0) is 20.1. The zero-order valence-electron chi connectivity index (χ0n) is 15.3. The Labute approximate surface area is 172 Å². The molecular formula is C22H17ClN4O2. The van der Waals surface area contributed by atoms with E-state index < -0.39 is 0 Å². The second kappa shape index (κ2) is 8.58. The van der Waals surface area contributed by atoms with Crippen LogP contribution in [0.4, 0.5) is 5.69 Å². The molecule has 0 aliphatic heterocycles. The Balaban J connectivity index is 1.45. The molecule has 0 radical (unpaired) electrons. The number of hydrogen-bond donors (Lipinski definition) is 1. The van der Waals surface area contributed by atoms with Gasteiger partial charge in [0.2, 0.25) is 0 Å². The standard InChI is InChI=1S/C22H17ClN4O2/c23-17-7-5-16(6-8-17)14-29-20-4-2-1-3-19(20)22(28)26-18-9-10-21(25-13-18)27-12-11-24-15-27/h1-13,15H,14H2,(H,26,28). The number of para-hydroxylation sites is 1. The maximum Gasteiger partial charge on any atom is 0.259 e. The number of hydrogen-bond acceptors (Lipinski definition) is 4. The van der Waals surface area contributed by atoms with Gasteiger partial charge in [-0.15, -0.1) is 0 Å². The van der Waals surface area contributed by atoms with Crippen LogP contribution in [-0.2, 0) is 6.61 Å². The molecule has 4 aromatic rings. The van der Waals surface area contributed by atoms with E-state index in [0.29, 0.717) is 34.4 Å². The number of pyridine rings is 1. The summed E-state index contributed by atoms with van der Waals surface area (Å²) >= 11 is 5.91. The molecule has 1 N–H and O–H groups in total. The maximum atomic E-state index is 12.8. The molecule has 2 aromatic carbocycles. The monoisotopic (exact) mass is 404 g/mol. The van der Waals surface area contributed by atoms with Crippen molar-refractivity contribution in [2.24, 2.45) is 0 Å². The minimum atomic E-state index is -0.270. The predicted octanol–water partition coefficient (Wildman–Crippen LogP) is 4.75. The van der Waals surface area contributed by atoms with Crippen LogP contribution < -0.4 is 10.1 Å². The molecule has 0 saturated heterocycles. The van der Waals surface area contributed by atoms with Crippen molar-refractivity contribution in [1.82, 2.24) is 14.5 Å². The summed E-state index contributed by atoms with van der Waals surface area (Å²) in [6.07, 6.45) is 6.74. The van der Waals surface area contributed by atoms with Gasteiger partial charge in [-0.05, 0) is 42.0 Å². The van der Waals surface area contributed by atoms with E-state index in [1.54, 1.807) is 71.9 Å². The number of benzene rings is 2. The molecule has 0 aliphatic carbocycles. The number of aromatic nitrogens is 3. The van der Waals surface area contributed by atoms with Crippen molar-refractivity contribution in [3.05, 3.63) is 102 Å². The molecule has 144 valence electrons. The van der Waals surface area contributed by atoms with Crippen molar-refractivity contribution in [3.8, 4) is 11.6 Å². The largest absolute Gasteiger partial charge is 0.488 e. The highest BCUT2D eigenvalue weighted by atomic mass is 35.5. The fourth-order valence-corrected chi connectivity index (χ4v) is 2.85. The Bertz CT molecular complexity index is 1090. The van der Waals surface area contributed by atoms with Crippen LogP contribution in [0.15, 0.2) is 85.6 Å². The van der Waals surface area contributed by atoms with Crippen molar-refractivity contribution in [1.29, 1.82) is 0 Å². The number of nitrogens with zero attached hydrogens (tertiary/aromatic N) is 3. The lowest BCUT2D eigenvalue weighted by Gasteiger charge is -2.12. The first-order valence-electron chi connectivity index (χ1n) is 8.91. The molecule has 2 heterocycles. The normalized spacial score (nSPS) is 10.5. The number of rotatable bonds is 6. The van der Waals surface area contributed by atoms with Crippen LogP contribution in [0.1, 0.15) is 15.9 Å². The quantitative estimate of drug-likeness (QED) is 0.503. The van der Waals surface area contributed by atoms with Crippen molar-refractivity contribution < 1.29 is 9.53 Å². The molecule has 1 amide bonds. The highest BCUT2D eigenvalue weighted by Crippen LogP contribution is 2.21. The summed E-state index contributed by atoms with van der Waals surface area (Å²) in [5, 5.41) is 3.52. The van der Waals surface area contributed by atoms with Gasteiger partial charge in [0.15, 0.2) is 0 Å². The van der Waals surface area contributed by atoms with Gasteiger partial charge in [0.05, 0.1) is 17.4 Å². The maximum absolute atomic E-state index is 12.8. The second-order valence-electron chi connectivity index (χ2n) is 6.24. The molecule has 0 saturated carbocycles. The van der Waals surface area contributed by atoms with Gasteiger partial charge >= 0.3 is 0 Å². The lowest BCUT2D eigenvalue weighted by Crippen LogP contribution is -2.14. The predicted molar refractivity (Wildman–Crippen MR) is 112 cm³/mol. The number of anilines is 1. The molecule has 2 aromatic heterocycles. The minimum absolute atomic E-state index is 0.270. The van der Waals surface area contributed by atoms with Gasteiger partial charge in [0.25, 0.3) is 5.91 Å². The van der Waals surface area contributed by atoms with Crippen LogP contribution in [0.3, 0.4) is 0 Å². The second-order valence-corrected chi connectivity index (χ2v) is 6.68. The lowest BCUT2D eigenvalue weighted by molar-refractivity contribution is 0.102. The minimum Gasteiger partial charge on any atom is -0.488 e. The molecule has 29 heavy (non-hydrogen) atoms. The van der Waals surface area contributed by atoms with Crippen molar-refractivity contribution in [2.45, 2.75) is 6.61 Å². The number of ether oxygens (including phenoxy) is 1. The van der Waals surface area contributed by atoms with Gasteiger partial charge in [-0.2, -0.15) is 0 Å². The van der Waals surface area contributed by atoms with E-state index in [9.17, 15) is 4.79 Å². The molecule has 0 fully saturated rings. The highest BCUT2D eigenvalue weighted by molar-refractivity contribution is 6.30. The average molecular weight is 405 g/mol. The van der Waals surface area contributed by atoms with Gasteiger partial charge in [-0.25, -0.2) is 9.97 Å². The first kappa shape index (κ1) is 18.7. The highest BCUT2D eigenvalue weighted by Gasteiger charge is 2.13. The number of carbonyl (C=O) groups is 1. The van der Waals surface area contributed by atoms with E-state index in [0.717, 1.165) is 5.56 Å². The van der Waals surface area contributed by atoms with Gasteiger partial charge in [-0.3, -0.25) is 9.36 Å². The van der Waals surface area contributed by atoms with E-state index in [2.05, 4.69) is 15.3 Å². The van der Waals surface area contributed by atoms with Crippen molar-refractivity contribution in [3.63, 3.8) is 0 Å². The van der Waals surface area contributed by atoms with Gasteiger partial charge in [0, 0.05) is 17.4 Å². The first-order chi connectivity index (χ1) is 14.2. The van der Waals surface area contributed by atoms with Gasteiger partial charge < -0.3 is 10.1 Å². The molecule has 4 rings (SSSR count). The van der Waals surface area contributed by atoms with Crippen LogP contribution in [0, 0.1) is 0 Å². The number of carbonyl (C=O) groups excluding carboxylic acids is 1. The third-order valence-corrected chi connectivity index (χ3v) is 4.47. The fraction of sp³-hybridized carbons (Fsp3) is 0.0455. The zero-order valence-corrected chi connectivity index (χ0v) is 16.1. The number of halogens is 1. The fourth-order valence-electron chi connectivity index (χ4n) is 2.73. The van der Waals surface area contributed by atoms with Crippen LogP contribution in [0.5, 0.6) is 5.75 Å². The topological polar surface area (TPSA) is 69.0 Å². The molecule has 0 bridgehead atoms. The lowest BCUT2D eigenvalue weighted by atomic mass is 10.2. The van der Waals surface area contributed by atoms with Crippen LogP contribution >= 0.6 is 11.6 Å². The SMILES string of the molecule is O=C(Nc1ccc(-n2ccnc2)nc1)c1ccccc1OCc1ccc(Cl)cc1. The molecule has 6 nitrogen and oxygen atoms in total. The van der Waals surface area contributed by atoms with Crippen molar-refractivity contribution in [2.75, 3.05) is 5.32 Å². The number of imidazole rings is 1. The average Bonchev–Trinajstić information content (AvgIpc) is 3.29. The van der Waals surface area contributed by atoms with E-state index in [1.807, 2.05) is 18.2 Å². The Morgan fingerprint density at radius 2 is 1.90 bits per heavy atom. The first-order valence-corrected chi connectivity index (χ1v) is 9.29. The summed E-state index contributed by atoms with van der Waals surface area (Å²) in [5.74, 6) is 0.948. The molecule has 0 spiro atoms. The van der Waals surface area contributed by atoms with Crippen molar-refractivity contribution >= 4 is 23.2 Å². The third-order valence-electron chi connectivity index (χ3n) is 4.21. The van der Waals surface area contributed by atoms with E-state index in [4.69, 9.17) is 16.3 Å². The molecule has 0 atom stereocenters. The van der Waals surface area contributed by atoms with Gasteiger partial charge in [0.1, 0.15) is 24.5 Å². The Hall–Kier alpha value is -3.64. The smallest absolute Gasteiger partial charge is 0.259 e. The number of nitrogens with one attached hydrogen (secondary N) is 1. The molecule has 7 heteroatoms. The van der Waals surface area contributed by atoms with E-state index in [-0.39, 0.29) is 5.91 Å². The number of amides is 1. The Morgan fingerprint density at radius 1 is 1.07 bits per heavy atom. The molecule has 0 unspecified atom stereocenters. The Kier molecular flexibility index (Phi) is 5.54.